The van der Waals surface area contributed by atoms with Crippen LogP contribution in [0.5, 0.6) is 0 Å². The van der Waals surface area contributed by atoms with Crippen molar-refractivity contribution in [3.8, 4) is 11.1 Å². The molecule has 0 unspecified atom stereocenters. The average Bonchev–Trinajstić information content (AvgIpc) is 2.80. The Hall–Kier alpha value is -2.17. The molecule has 5 nitrogen and oxygen atoms in total. The maximum atomic E-state index is 10.7. The van der Waals surface area contributed by atoms with Gasteiger partial charge in [0.25, 0.3) is 0 Å². The summed E-state index contributed by atoms with van der Waals surface area (Å²) in [5.41, 5.74) is 1.98. The van der Waals surface area contributed by atoms with Crippen LogP contribution in [0.3, 0.4) is 0 Å². The molecule has 0 atom stereocenters. The number of hydrogen-bond acceptors (Lipinski definition) is 4. The lowest BCUT2D eigenvalue weighted by Crippen LogP contribution is -2.11. The van der Waals surface area contributed by atoms with Gasteiger partial charge in [-0.25, -0.2) is 9.97 Å². The summed E-state index contributed by atoms with van der Waals surface area (Å²) in [5, 5.41) is 2.84. The molecule has 2 N–H and O–H groups in total. The first kappa shape index (κ1) is 10.4. The Morgan fingerprint density at radius 1 is 1.38 bits per heavy atom. The van der Waals surface area contributed by atoms with Crippen molar-refractivity contribution in [1.82, 2.24) is 15.0 Å². The van der Waals surface area contributed by atoms with Crippen LogP contribution in [0.25, 0.3) is 11.1 Å². The molecule has 5 heteroatoms. The molecule has 16 heavy (non-hydrogen) atoms. The van der Waals surface area contributed by atoms with Crippen LogP contribution in [0.1, 0.15) is 6.92 Å². The molecule has 0 fully saturated rings. The molecule has 0 radical (unpaired) electrons. The van der Waals surface area contributed by atoms with Gasteiger partial charge in [0.1, 0.15) is 5.78 Å². The van der Waals surface area contributed by atoms with Crippen molar-refractivity contribution in [3.05, 3.63) is 30.9 Å². The summed E-state index contributed by atoms with van der Waals surface area (Å²) in [6, 6.07) is 1.95. The third kappa shape index (κ3) is 2.44. The molecule has 0 bridgehead atoms. The zero-order valence-corrected chi connectivity index (χ0v) is 8.90. The SMILES string of the molecule is CC(=O)CNc1ncc(-c2cc[nH]c2)cn1. The quantitative estimate of drug-likeness (QED) is 0.812. The summed E-state index contributed by atoms with van der Waals surface area (Å²) in [7, 11) is 0. The summed E-state index contributed by atoms with van der Waals surface area (Å²) < 4.78 is 0. The van der Waals surface area contributed by atoms with Gasteiger partial charge < -0.3 is 10.3 Å². The molecule has 0 amide bonds. The number of nitrogens with one attached hydrogen (secondary N) is 2. The second-order valence-electron chi connectivity index (χ2n) is 3.45. The van der Waals surface area contributed by atoms with Crippen LogP contribution in [0.2, 0.25) is 0 Å². The van der Waals surface area contributed by atoms with Gasteiger partial charge in [-0.1, -0.05) is 0 Å². The van der Waals surface area contributed by atoms with Crippen molar-refractivity contribution in [1.29, 1.82) is 0 Å². The summed E-state index contributed by atoms with van der Waals surface area (Å²) in [6.07, 6.45) is 7.16. The highest BCUT2D eigenvalue weighted by Gasteiger charge is 2.00. The van der Waals surface area contributed by atoms with Crippen molar-refractivity contribution >= 4 is 11.7 Å². The number of H-pyrrole nitrogens is 1. The summed E-state index contributed by atoms with van der Waals surface area (Å²) in [6.45, 7) is 1.77. The van der Waals surface area contributed by atoms with Gasteiger partial charge >= 0.3 is 0 Å². The minimum Gasteiger partial charge on any atom is -0.367 e. The van der Waals surface area contributed by atoms with Crippen LogP contribution >= 0.6 is 0 Å². The highest BCUT2D eigenvalue weighted by atomic mass is 16.1. The first-order valence-electron chi connectivity index (χ1n) is 4.94. The lowest BCUT2D eigenvalue weighted by Gasteiger charge is -2.02. The van der Waals surface area contributed by atoms with E-state index in [4.69, 9.17) is 0 Å². The Bertz CT molecular complexity index is 461. The highest BCUT2D eigenvalue weighted by Crippen LogP contribution is 2.16. The summed E-state index contributed by atoms with van der Waals surface area (Å²) in [4.78, 5) is 22.0. The van der Waals surface area contributed by atoms with Gasteiger partial charge in [-0.05, 0) is 13.0 Å². The van der Waals surface area contributed by atoms with E-state index in [1.807, 2.05) is 18.5 Å². The second-order valence-corrected chi connectivity index (χ2v) is 3.45. The number of Topliss-reactive ketones (excluding diaryl/α,β-unsaturated/α-hetero) is 1. The first-order chi connectivity index (χ1) is 7.75. The maximum absolute atomic E-state index is 10.7. The topological polar surface area (TPSA) is 70.7 Å². The van der Waals surface area contributed by atoms with Crippen LogP contribution in [0, 0.1) is 0 Å². The molecule has 0 aliphatic rings. The highest BCUT2D eigenvalue weighted by molar-refractivity contribution is 5.79. The summed E-state index contributed by atoms with van der Waals surface area (Å²) in [5.74, 6) is 0.521. The number of nitrogens with zero attached hydrogens (tertiary/aromatic N) is 2. The van der Waals surface area contributed by atoms with Gasteiger partial charge in [-0.15, -0.1) is 0 Å². The van der Waals surface area contributed by atoms with Gasteiger partial charge in [-0.3, -0.25) is 4.79 Å². The minimum atomic E-state index is 0.0540. The number of anilines is 1. The zero-order chi connectivity index (χ0) is 11.4. The number of rotatable bonds is 4. The molecule has 0 aliphatic heterocycles. The second kappa shape index (κ2) is 4.57. The van der Waals surface area contributed by atoms with Crippen LogP contribution < -0.4 is 5.32 Å². The van der Waals surface area contributed by atoms with Gasteiger partial charge in [0.05, 0.1) is 6.54 Å². The Morgan fingerprint density at radius 2 is 2.12 bits per heavy atom. The molecule has 0 aromatic carbocycles. The van der Waals surface area contributed by atoms with E-state index >= 15 is 0 Å². The van der Waals surface area contributed by atoms with E-state index in [9.17, 15) is 4.79 Å². The van der Waals surface area contributed by atoms with E-state index in [1.165, 1.54) is 6.92 Å². The number of aromatic amines is 1. The van der Waals surface area contributed by atoms with Gasteiger partial charge in [0.2, 0.25) is 5.95 Å². The van der Waals surface area contributed by atoms with Crippen molar-refractivity contribution in [2.24, 2.45) is 0 Å². The third-order valence-corrected chi connectivity index (χ3v) is 2.08. The fourth-order valence-electron chi connectivity index (χ4n) is 1.28. The molecule has 0 saturated heterocycles. The Labute approximate surface area is 92.9 Å². The Kier molecular flexibility index (Phi) is 2.95. The van der Waals surface area contributed by atoms with E-state index in [2.05, 4.69) is 20.3 Å². The standard InChI is InChI=1S/C11H12N4O/c1-8(16)4-13-11-14-6-10(7-15-11)9-2-3-12-5-9/h2-3,5-7,12H,4H2,1H3,(H,13,14,15). The Balaban J connectivity index is 2.08. The number of carbonyl (C=O) groups excluding carboxylic acids is 1. The smallest absolute Gasteiger partial charge is 0.222 e. The van der Waals surface area contributed by atoms with Crippen molar-refractivity contribution in [3.63, 3.8) is 0 Å². The molecular formula is C11H12N4O. The van der Waals surface area contributed by atoms with Crippen molar-refractivity contribution in [2.45, 2.75) is 6.92 Å². The van der Waals surface area contributed by atoms with E-state index in [0.29, 0.717) is 5.95 Å². The van der Waals surface area contributed by atoms with E-state index < -0.39 is 0 Å². The molecule has 2 rings (SSSR count). The van der Waals surface area contributed by atoms with Crippen LogP contribution in [-0.4, -0.2) is 27.3 Å². The molecule has 82 valence electrons. The predicted octanol–water partition coefficient (Wildman–Crippen LogP) is 1.47. The van der Waals surface area contributed by atoms with Gasteiger partial charge in [0, 0.05) is 35.9 Å². The molecular weight excluding hydrogens is 204 g/mol. The number of aromatic nitrogens is 3. The zero-order valence-electron chi connectivity index (χ0n) is 8.90. The fraction of sp³-hybridized carbons (Fsp3) is 0.182. The van der Waals surface area contributed by atoms with Crippen molar-refractivity contribution in [2.75, 3.05) is 11.9 Å². The van der Waals surface area contributed by atoms with Gasteiger partial charge in [0.15, 0.2) is 0 Å². The molecule has 0 spiro atoms. The Morgan fingerprint density at radius 3 is 2.69 bits per heavy atom. The third-order valence-electron chi connectivity index (χ3n) is 2.08. The predicted molar refractivity (Wildman–Crippen MR) is 61.0 cm³/mol. The van der Waals surface area contributed by atoms with E-state index in [1.54, 1.807) is 12.4 Å². The molecule has 0 aliphatic carbocycles. The first-order valence-corrected chi connectivity index (χ1v) is 4.94. The minimum absolute atomic E-state index is 0.0540. The van der Waals surface area contributed by atoms with Crippen LogP contribution in [0.4, 0.5) is 5.95 Å². The number of ketones is 1. The fourth-order valence-corrected chi connectivity index (χ4v) is 1.28. The average molecular weight is 216 g/mol. The summed E-state index contributed by atoms with van der Waals surface area (Å²) >= 11 is 0. The number of hydrogen-bond donors (Lipinski definition) is 2. The largest absolute Gasteiger partial charge is 0.367 e. The molecule has 2 heterocycles. The van der Waals surface area contributed by atoms with Crippen molar-refractivity contribution < 1.29 is 4.79 Å². The van der Waals surface area contributed by atoms with E-state index in [0.717, 1.165) is 11.1 Å². The lowest BCUT2D eigenvalue weighted by molar-refractivity contribution is -0.115. The lowest BCUT2D eigenvalue weighted by atomic mass is 10.2. The van der Waals surface area contributed by atoms with Crippen LogP contribution in [-0.2, 0) is 4.79 Å². The maximum Gasteiger partial charge on any atom is 0.222 e. The van der Waals surface area contributed by atoms with Crippen LogP contribution in [0.15, 0.2) is 30.9 Å². The van der Waals surface area contributed by atoms with E-state index in [-0.39, 0.29) is 12.3 Å². The normalized spacial score (nSPS) is 10.1. The molecule has 2 aromatic heterocycles. The molecule has 2 aromatic rings. The van der Waals surface area contributed by atoms with Gasteiger partial charge in [-0.2, -0.15) is 0 Å². The number of carbonyl (C=O) groups is 1. The molecule has 0 saturated carbocycles. The monoisotopic (exact) mass is 216 g/mol.